The minimum absolute atomic E-state index is 0.0158. The summed E-state index contributed by atoms with van der Waals surface area (Å²) in [5.74, 6) is -2.51. The number of carbonyl (C=O) groups is 1. The molecule has 6 N–H and O–H groups in total. The van der Waals surface area contributed by atoms with E-state index in [0.29, 0.717) is 5.56 Å². The number of aliphatic hydroxyl groups excluding tert-OH is 2. The van der Waals surface area contributed by atoms with E-state index in [1.165, 1.54) is 31.4 Å². The predicted octanol–water partition coefficient (Wildman–Crippen LogP) is -1.13. The minimum Gasteiger partial charge on any atom is -0.478 e. The Bertz CT molecular complexity index is 1350. The van der Waals surface area contributed by atoms with Crippen LogP contribution in [0.3, 0.4) is 0 Å². The van der Waals surface area contributed by atoms with E-state index in [1.807, 2.05) is 0 Å². The van der Waals surface area contributed by atoms with Crippen LogP contribution in [0.25, 0.3) is 0 Å². The zero-order chi connectivity index (χ0) is 27.5. The van der Waals surface area contributed by atoms with Crippen molar-refractivity contribution in [3.05, 3.63) is 63.6 Å². The standard InChI is InChI=1S/C19H25N3O13P2/c1-21-14(20-33-8-11-2-4-12(5-3-11)18(25)26)6-7-22(19(21)27)17-16(24)15(23)13(35-17)9-34-37(31,32)10-36(28,29)30/h2-7,13,15-17,23-24H,8-10H2,1H3,(H,25,26)(H,31,32)(H2,28,29,30)/b20-14-/t13-,15?,16?,17-/m1/s1. The lowest BCUT2D eigenvalue weighted by Gasteiger charge is -2.19. The topological polar surface area (TPSA) is 240 Å². The summed E-state index contributed by atoms with van der Waals surface area (Å²) in [5, 5.41) is 33.4. The fraction of sp³-hybridized carbons (Fsp3) is 0.421. The fourth-order valence-corrected chi connectivity index (χ4v) is 5.92. The van der Waals surface area contributed by atoms with Gasteiger partial charge in [0.05, 0.1) is 12.2 Å². The number of hydrogen-bond donors (Lipinski definition) is 6. The van der Waals surface area contributed by atoms with Crippen LogP contribution in [-0.4, -0.2) is 75.9 Å². The number of nitrogens with zero attached hydrogens (tertiary/aromatic N) is 3. The molecule has 1 aromatic heterocycles. The first-order valence-corrected chi connectivity index (χ1v) is 14.0. The summed E-state index contributed by atoms with van der Waals surface area (Å²) in [7, 11) is -8.24. The Kier molecular flexibility index (Phi) is 8.90. The summed E-state index contributed by atoms with van der Waals surface area (Å²) >= 11 is 0. The molecule has 0 saturated carbocycles. The number of carboxylic acid groups (broad SMARTS) is 1. The van der Waals surface area contributed by atoms with Crippen molar-refractivity contribution in [3.8, 4) is 0 Å². The van der Waals surface area contributed by atoms with Gasteiger partial charge in [-0.05, 0) is 17.7 Å². The van der Waals surface area contributed by atoms with Crippen molar-refractivity contribution in [3.63, 3.8) is 0 Å². The lowest BCUT2D eigenvalue weighted by Crippen LogP contribution is -2.42. The molecule has 204 valence electrons. The molecule has 0 amide bonds. The molecule has 37 heavy (non-hydrogen) atoms. The zero-order valence-electron chi connectivity index (χ0n) is 19.2. The van der Waals surface area contributed by atoms with Gasteiger partial charge >= 0.3 is 26.9 Å². The Balaban J connectivity index is 1.69. The minimum atomic E-state index is -4.86. The van der Waals surface area contributed by atoms with Crippen LogP contribution in [0.15, 0.2) is 46.5 Å². The zero-order valence-corrected chi connectivity index (χ0v) is 21.0. The van der Waals surface area contributed by atoms with Gasteiger partial charge < -0.3 is 44.1 Å². The van der Waals surface area contributed by atoms with Crippen molar-refractivity contribution in [1.82, 2.24) is 9.13 Å². The molecule has 0 bridgehead atoms. The third-order valence-electron chi connectivity index (χ3n) is 5.24. The van der Waals surface area contributed by atoms with E-state index in [4.69, 9.17) is 24.5 Å². The van der Waals surface area contributed by atoms with Gasteiger partial charge in [-0.25, -0.2) is 9.59 Å². The summed E-state index contributed by atoms with van der Waals surface area (Å²) in [6.07, 6.45) is -4.92. The molecule has 3 rings (SSSR count). The Morgan fingerprint density at radius 3 is 2.35 bits per heavy atom. The highest BCUT2D eigenvalue weighted by atomic mass is 31.2. The van der Waals surface area contributed by atoms with Gasteiger partial charge in [0.15, 0.2) is 17.6 Å². The lowest BCUT2D eigenvalue weighted by molar-refractivity contribution is -0.0530. The fourth-order valence-electron chi connectivity index (χ4n) is 3.36. The van der Waals surface area contributed by atoms with Crippen molar-refractivity contribution in [2.45, 2.75) is 31.1 Å². The van der Waals surface area contributed by atoms with Crippen LogP contribution in [0.1, 0.15) is 22.1 Å². The molecule has 0 spiro atoms. The van der Waals surface area contributed by atoms with Gasteiger partial charge in [0.1, 0.15) is 24.9 Å². The Hall–Kier alpha value is -2.65. The van der Waals surface area contributed by atoms with Crippen molar-refractivity contribution >= 4 is 21.2 Å². The Labute approximate surface area is 208 Å². The van der Waals surface area contributed by atoms with Crippen molar-refractivity contribution in [1.29, 1.82) is 0 Å². The van der Waals surface area contributed by atoms with E-state index in [2.05, 4.69) is 9.68 Å². The molecule has 0 aliphatic carbocycles. The van der Waals surface area contributed by atoms with Gasteiger partial charge in [0.25, 0.3) is 0 Å². The van der Waals surface area contributed by atoms with Crippen LogP contribution in [0.5, 0.6) is 0 Å². The van der Waals surface area contributed by atoms with Crippen LogP contribution in [-0.2, 0) is 36.9 Å². The maximum Gasteiger partial charge on any atom is 0.340 e. The number of rotatable bonds is 10. The molecule has 3 unspecified atom stereocenters. The van der Waals surface area contributed by atoms with E-state index >= 15 is 0 Å². The number of hydrogen-bond acceptors (Lipinski definition) is 10. The molecule has 2 heterocycles. The van der Waals surface area contributed by atoms with Gasteiger partial charge in [0, 0.05) is 19.3 Å². The molecule has 5 atom stereocenters. The van der Waals surface area contributed by atoms with Gasteiger partial charge in [-0.3, -0.25) is 18.3 Å². The summed E-state index contributed by atoms with van der Waals surface area (Å²) in [6.45, 7) is -0.809. The summed E-state index contributed by atoms with van der Waals surface area (Å²) in [5.41, 5.74) is 0.0814. The van der Waals surface area contributed by atoms with Crippen molar-refractivity contribution in [2.75, 3.05) is 12.5 Å². The summed E-state index contributed by atoms with van der Waals surface area (Å²) < 4.78 is 34.8. The first kappa shape index (κ1) is 28.9. The smallest absolute Gasteiger partial charge is 0.340 e. The average molecular weight is 565 g/mol. The summed E-state index contributed by atoms with van der Waals surface area (Å²) in [4.78, 5) is 56.2. The third-order valence-corrected chi connectivity index (χ3v) is 8.70. The maximum atomic E-state index is 12.8. The van der Waals surface area contributed by atoms with E-state index in [-0.39, 0.29) is 17.7 Å². The largest absolute Gasteiger partial charge is 0.478 e. The van der Waals surface area contributed by atoms with Gasteiger partial charge in [-0.1, -0.05) is 17.3 Å². The molecule has 1 aliphatic rings. The molecule has 1 saturated heterocycles. The molecule has 18 heteroatoms. The molecule has 2 aromatic rings. The Morgan fingerprint density at radius 1 is 1.11 bits per heavy atom. The Morgan fingerprint density at radius 2 is 1.76 bits per heavy atom. The van der Waals surface area contributed by atoms with Crippen molar-refractivity contribution in [2.24, 2.45) is 12.2 Å². The second-order valence-corrected chi connectivity index (χ2v) is 12.1. The first-order chi connectivity index (χ1) is 17.2. The average Bonchev–Trinajstić information content (AvgIpc) is 3.08. The van der Waals surface area contributed by atoms with Gasteiger partial charge in [0.2, 0.25) is 0 Å². The van der Waals surface area contributed by atoms with Crippen LogP contribution in [0.4, 0.5) is 0 Å². The van der Waals surface area contributed by atoms with E-state index < -0.39 is 63.9 Å². The number of ether oxygens (including phenoxy) is 1. The number of aromatic carboxylic acids is 1. The lowest BCUT2D eigenvalue weighted by atomic mass is 10.1. The highest BCUT2D eigenvalue weighted by Gasteiger charge is 2.45. The summed E-state index contributed by atoms with van der Waals surface area (Å²) in [6, 6.07) is 7.24. The monoisotopic (exact) mass is 565 g/mol. The number of benzene rings is 1. The maximum absolute atomic E-state index is 12.8. The normalized spacial score (nSPS) is 24.1. The van der Waals surface area contributed by atoms with Gasteiger partial charge in [-0.2, -0.15) is 0 Å². The van der Waals surface area contributed by atoms with E-state index in [1.54, 1.807) is 12.1 Å². The first-order valence-electron chi connectivity index (χ1n) is 10.5. The van der Waals surface area contributed by atoms with Gasteiger partial charge in [-0.15, -0.1) is 0 Å². The van der Waals surface area contributed by atoms with E-state index in [9.17, 15) is 33.8 Å². The number of aromatic nitrogens is 2. The second kappa shape index (κ2) is 11.4. The predicted molar refractivity (Wildman–Crippen MR) is 122 cm³/mol. The molecule has 1 aliphatic heterocycles. The molecule has 1 fully saturated rings. The van der Waals surface area contributed by atoms with Crippen LogP contribution in [0.2, 0.25) is 0 Å². The number of carboxylic acids is 1. The quantitative estimate of drug-likeness (QED) is 0.148. The van der Waals surface area contributed by atoms with Crippen LogP contribution in [0, 0.1) is 0 Å². The van der Waals surface area contributed by atoms with E-state index in [0.717, 1.165) is 9.13 Å². The molecule has 16 nitrogen and oxygen atoms in total. The number of aliphatic hydroxyl groups is 2. The highest BCUT2D eigenvalue weighted by Crippen LogP contribution is 2.55. The molecular formula is C19H25N3O13P2. The second-order valence-electron chi connectivity index (χ2n) is 8.08. The molecule has 1 aromatic carbocycles. The molecule has 0 radical (unpaired) electrons. The molecular weight excluding hydrogens is 540 g/mol. The van der Waals surface area contributed by atoms with Crippen molar-refractivity contribution < 1.29 is 58.0 Å². The highest BCUT2D eigenvalue weighted by molar-refractivity contribution is 7.70. The SMILES string of the molecule is Cn1c(=O)n([C@@H]2O[C@H](COP(=O)(O)CP(=O)(O)O)C(O)C2O)cc/c1=N/OCc1ccc(C(=O)O)cc1. The van der Waals surface area contributed by atoms with Crippen LogP contribution < -0.4 is 11.2 Å². The van der Waals surface area contributed by atoms with Crippen LogP contribution >= 0.6 is 15.2 Å². The third kappa shape index (κ3) is 7.45.